The van der Waals surface area contributed by atoms with E-state index in [2.05, 4.69) is 19.9 Å². The molecule has 7 heteroatoms. The molecule has 5 rings (SSSR count). The average molecular weight is 403 g/mol. The van der Waals surface area contributed by atoms with Crippen LogP contribution in [0.15, 0.2) is 54.0 Å². The first kappa shape index (κ1) is 18.9. The molecule has 3 aromatic heterocycles. The number of anilines is 1. The minimum Gasteiger partial charge on any atom is -0.356 e. The SMILES string of the molecule is O=c1cc(-c2cccnc2)ncn1CC1CCN(c2ccnc(C3CCC3)n2)CC1. The number of hydrogen-bond donors (Lipinski definition) is 0. The fraction of sp³-hybridized carbons (Fsp3) is 0.435. The van der Waals surface area contributed by atoms with E-state index >= 15 is 0 Å². The van der Waals surface area contributed by atoms with Crippen LogP contribution in [-0.2, 0) is 6.54 Å². The van der Waals surface area contributed by atoms with Gasteiger partial charge in [0.2, 0.25) is 0 Å². The van der Waals surface area contributed by atoms with Crippen molar-refractivity contribution in [2.45, 2.75) is 44.6 Å². The summed E-state index contributed by atoms with van der Waals surface area (Å²) >= 11 is 0. The first-order chi connectivity index (χ1) is 14.8. The van der Waals surface area contributed by atoms with Crippen molar-refractivity contribution < 1.29 is 0 Å². The van der Waals surface area contributed by atoms with E-state index in [4.69, 9.17) is 4.98 Å². The van der Waals surface area contributed by atoms with Crippen LogP contribution in [0.3, 0.4) is 0 Å². The number of hydrogen-bond acceptors (Lipinski definition) is 6. The second-order valence-electron chi connectivity index (χ2n) is 8.34. The third kappa shape index (κ3) is 3.97. The van der Waals surface area contributed by atoms with E-state index in [1.165, 1.54) is 19.3 Å². The maximum absolute atomic E-state index is 12.6. The molecular weight excluding hydrogens is 376 g/mol. The van der Waals surface area contributed by atoms with Gasteiger partial charge in [-0.25, -0.2) is 15.0 Å². The van der Waals surface area contributed by atoms with Crippen molar-refractivity contribution in [3.63, 3.8) is 0 Å². The molecule has 0 radical (unpaired) electrons. The second-order valence-corrected chi connectivity index (χ2v) is 8.34. The molecule has 154 valence electrons. The third-order valence-corrected chi connectivity index (χ3v) is 6.36. The number of piperidine rings is 1. The lowest BCUT2D eigenvalue weighted by molar-refractivity contribution is 0.349. The molecule has 2 fully saturated rings. The van der Waals surface area contributed by atoms with Crippen LogP contribution < -0.4 is 10.5 Å². The molecule has 2 aliphatic rings. The van der Waals surface area contributed by atoms with Crippen molar-refractivity contribution in [2.24, 2.45) is 5.92 Å². The lowest BCUT2D eigenvalue weighted by atomic mass is 9.85. The van der Waals surface area contributed by atoms with Gasteiger partial charge in [0.15, 0.2) is 0 Å². The van der Waals surface area contributed by atoms with Crippen LogP contribution in [0.5, 0.6) is 0 Å². The maximum atomic E-state index is 12.6. The van der Waals surface area contributed by atoms with E-state index in [9.17, 15) is 4.79 Å². The van der Waals surface area contributed by atoms with Gasteiger partial charge >= 0.3 is 0 Å². The number of rotatable bonds is 5. The fourth-order valence-electron chi connectivity index (χ4n) is 4.26. The zero-order chi connectivity index (χ0) is 20.3. The first-order valence-corrected chi connectivity index (χ1v) is 10.8. The van der Waals surface area contributed by atoms with Gasteiger partial charge in [-0.3, -0.25) is 14.3 Å². The number of nitrogens with zero attached hydrogens (tertiary/aromatic N) is 6. The molecule has 0 spiro atoms. The maximum Gasteiger partial charge on any atom is 0.253 e. The third-order valence-electron chi connectivity index (χ3n) is 6.36. The van der Waals surface area contributed by atoms with E-state index in [0.717, 1.165) is 43.1 Å². The summed E-state index contributed by atoms with van der Waals surface area (Å²) in [7, 11) is 0. The molecule has 0 aromatic carbocycles. The van der Waals surface area contributed by atoms with E-state index in [0.29, 0.717) is 24.1 Å². The van der Waals surface area contributed by atoms with Gasteiger partial charge in [-0.2, -0.15) is 0 Å². The van der Waals surface area contributed by atoms with Gasteiger partial charge in [0.05, 0.1) is 12.0 Å². The van der Waals surface area contributed by atoms with E-state index in [1.807, 2.05) is 24.4 Å². The zero-order valence-corrected chi connectivity index (χ0v) is 17.0. The van der Waals surface area contributed by atoms with E-state index in [-0.39, 0.29) is 5.56 Å². The Morgan fingerprint density at radius 2 is 1.90 bits per heavy atom. The number of aromatic nitrogens is 5. The summed E-state index contributed by atoms with van der Waals surface area (Å²) in [6, 6.07) is 7.39. The molecule has 3 aromatic rings. The molecule has 1 aliphatic carbocycles. The molecule has 0 amide bonds. The van der Waals surface area contributed by atoms with Crippen LogP contribution in [0.4, 0.5) is 5.82 Å². The molecule has 0 N–H and O–H groups in total. The Morgan fingerprint density at radius 1 is 1.03 bits per heavy atom. The van der Waals surface area contributed by atoms with Gasteiger partial charge in [-0.15, -0.1) is 0 Å². The molecule has 7 nitrogen and oxygen atoms in total. The monoisotopic (exact) mass is 402 g/mol. The van der Waals surface area contributed by atoms with Crippen molar-refractivity contribution in [3.05, 3.63) is 65.4 Å². The highest BCUT2D eigenvalue weighted by atomic mass is 16.1. The van der Waals surface area contributed by atoms with Crippen LogP contribution in [0.25, 0.3) is 11.3 Å². The van der Waals surface area contributed by atoms with E-state index in [1.54, 1.807) is 29.4 Å². The molecule has 1 saturated heterocycles. The summed E-state index contributed by atoms with van der Waals surface area (Å²) in [5.41, 5.74) is 1.53. The van der Waals surface area contributed by atoms with Gasteiger partial charge in [0, 0.05) is 55.8 Å². The summed E-state index contributed by atoms with van der Waals surface area (Å²) in [4.78, 5) is 32.8. The first-order valence-electron chi connectivity index (χ1n) is 10.8. The fourth-order valence-corrected chi connectivity index (χ4v) is 4.26. The van der Waals surface area contributed by atoms with Crippen molar-refractivity contribution in [2.75, 3.05) is 18.0 Å². The Kier molecular flexibility index (Phi) is 5.26. The minimum absolute atomic E-state index is 0.00720. The Labute approximate surface area is 175 Å². The average Bonchev–Trinajstić information content (AvgIpc) is 2.75. The quantitative estimate of drug-likeness (QED) is 0.652. The van der Waals surface area contributed by atoms with Crippen LogP contribution in [0.2, 0.25) is 0 Å². The van der Waals surface area contributed by atoms with Crippen LogP contribution >= 0.6 is 0 Å². The normalized spacial score (nSPS) is 17.7. The lowest BCUT2D eigenvalue weighted by Crippen LogP contribution is -2.37. The van der Waals surface area contributed by atoms with E-state index < -0.39 is 0 Å². The molecule has 4 heterocycles. The van der Waals surface area contributed by atoms with Gasteiger partial charge in [-0.1, -0.05) is 6.42 Å². The van der Waals surface area contributed by atoms with Crippen LogP contribution in [0, 0.1) is 5.92 Å². The topological polar surface area (TPSA) is 76.8 Å². The standard InChI is InChI=1S/C23H26N6O/c30-22-13-20(19-5-2-9-24-14-19)26-16-29(22)15-17-7-11-28(12-8-17)21-6-10-25-23(27-21)18-3-1-4-18/h2,5-6,9-10,13-14,16-18H,1,3-4,7-8,11-12,15H2. The van der Waals surface area contributed by atoms with Gasteiger partial charge in [0.1, 0.15) is 11.6 Å². The Morgan fingerprint density at radius 3 is 2.60 bits per heavy atom. The Hall–Kier alpha value is -3.09. The highest BCUT2D eigenvalue weighted by molar-refractivity contribution is 5.56. The van der Waals surface area contributed by atoms with Gasteiger partial charge in [-0.05, 0) is 49.8 Å². The summed E-state index contributed by atoms with van der Waals surface area (Å²) < 4.78 is 1.74. The van der Waals surface area contributed by atoms with Crippen molar-refractivity contribution in [3.8, 4) is 11.3 Å². The lowest BCUT2D eigenvalue weighted by Gasteiger charge is -2.33. The zero-order valence-electron chi connectivity index (χ0n) is 17.0. The minimum atomic E-state index is -0.00720. The van der Waals surface area contributed by atoms with Crippen molar-refractivity contribution >= 4 is 5.82 Å². The molecule has 1 aliphatic heterocycles. The predicted molar refractivity (Wildman–Crippen MR) is 115 cm³/mol. The second kappa shape index (κ2) is 8.34. The van der Waals surface area contributed by atoms with Gasteiger partial charge in [0.25, 0.3) is 5.56 Å². The smallest absolute Gasteiger partial charge is 0.253 e. The number of pyridine rings is 1. The highest BCUT2D eigenvalue weighted by Crippen LogP contribution is 2.35. The molecule has 0 bridgehead atoms. The Balaban J connectivity index is 1.21. The summed E-state index contributed by atoms with van der Waals surface area (Å²) in [6.45, 7) is 2.63. The predicted octanol–water partition coefficient (Wildman–Crippen LogP) is 3.28. The summed E-state index contributed by atoms with van der Waals surface area (Å²) in [5.74, 6) is 3.08. The summed E-state index contributed by atoms with van der Waals surface area (Å²) in [6.07, 6.45) is 12.8. The molecule has 0 atom stereocenters. The molecular formula is C23H26N6O. The van der Waals surface area contributed by atoms with Crippen LogP contribution in [-0.4, -0.2) is 37.6 Å². The molecule has 30 heavy (non-hydrogen) atoms. The van der Waals surface area contributed by atoms with Crippen LogP contribution in [0.1, 0.15) is 43.8 Å². The summed E-state index contributed by atoms with van der Waals surface area (Å²) in [5, 5.41) is 0. The van der Waals surface area contributed by atoms with Gasteiger partial charge < -0.3 is 4.90 Å². The van der Waals surface area contributed by atoms with Crippen molar-refractivity contribution in [1.82, 2.24) is 24.5 Å². The largest absolute Gasteiger partial charge is 0.356 e. The molecule has 0 unspecified atom stereocenters. The van der Waals surface area contributed by atoms with Crippen molar-refractivity contribution in [1.29, 1.82) is 0 Å². The Bertz CT molecular complexity index is 1050. The molecule has 1 saturated carbocycles. The highest BCUT2D eigenvalue weighted by Gasteiger charge is 2.25.